The summed E-state index contributed by atoms with van der Waals surface area (Å²) in [6.07, 6.45) is 0.0175. The largest absolute Gasteiger partial charge is 0.370 e. The monoisotopic (exact) mass is 290 g/mol. The fourth-order valence-electron chi connectivity index (χ4n) is 1.92. The molecule has 0 radical (unpaired) electrons. The summed E-state index contributed by atoms with van der Waals surface area (Å²) in [7, 11) is 0. The van der Waals surface area contributed by atoms with Gasteiger partial charge in [-0.3, -0.25) is 4.79 Å². The van der Waals surface area contributed by atoms with E-state index in [4.69, 9.17) is 10.5 Å². The zero-order valence-corrected chi connectivity index (χ0v) is 12.0. The van der Waals surface area contributed by atoms with E-state index in [0.29, 0.717) is 26.2 Å². The lowest BCUT2D eigenvalue weighted by atomic mass is 10.1. The van der Waals surface area contributed by atoms with Gasteiger partial charge in [0.05, 0.1) is 13.2 Å². The molecular formula is C12H19ClN2O2S. The number of nitrogens with zero attached hydrogens (tertiary/aromatic N) is 1. The molecule has 1 saturated heterocycles. The van der Waals surface area contributed by atoms with Crippen molar-refractivity contribution in [2.45, 2.75) is 13.0 Å². The lowest BCUT2D eigenvalue weighted by molar-refractivity contribution is -0.142. The molecule has 6 heteroatoms. The minimum absolute atomic E-state index is 0. The van der Waals surface area contributed by atoms with Crippen molar-refractivity contribution < 1.29 is 9.53 Å². The van der Waals surface area contributed by atoms with Crippen molar-refractivity contribution in [2.24, 2.45) is 11.7 Å². The molecule has 0 saturated carbocycles. The Kier molecular flexibility index (Phi) is 6.08. The zero-order chi connectivity index (χ0) is 12.3. The molecule has 0 bridgehead atoms. The Morgan fingerprint density at radius 1 is 1.72 bits per heavy atom. The van der Waals surface area contributed by atoms with Gasteiger partial charge in [0, 0.05) is 19.0 Å². The standard InChI is InChI=1S/C12H18N2O2S.ClH/c1-9(6-13)12(15)14-3-4-16-11(7-14)10-2-5-17-8-10;/h2,5,8-9,11H,3-4,6-7,13H2,1H3;1H. The van der Waals surface area contributed by atoms with Crippen LogP contribution in [0.3, 0.4) is 0 Å². The first-order valence-electron chi connectivity index (χ1n) is 5.85. The summed E-state index contributed by atoms with van der Waals surface area (Å²) in [6.45, 7) is 4.18. The third-order valence-electron chi connectivity index (χ3n) is 3.07. The molecule has 18 heavy (non-hydrogen) atoms. The van der Waals surface area contributed by atoms with Crippen LogP contribution >= 0.6 is 23.7 Å². The van der Waals surface area contributed by atoms with Crippen molar-refractivity contribution in [1.29, 1.82) is 0 Å². The smallest absolute Gasteiger partial charge is 0.226 e. The van der Waals surface area contributed by atoms with Gasteiger partial charge in [0.25, 0.3) is 0 Å². The number of carbonyl (C=O) groups is 1. The van der Waals surface area contributed by atoms with Crippen LogP contribution in [0.5, 0.6) is 0 Å². The molecule has 1 aromatic rings. The van der Waals surface area contributed by atoms with Gasteiger partial charge in [-0.05, 0) is 22.4 Å². The van der Waals surface area contributed by atoms with Gasteiger partial charge in [-0.1, -0.05) is 6.92 Å². The van der Waals surface area contributed by atoms with E-state index in [1.54, 1.807) is 11.3 Å². The number of hydrogen-bond acceptors (Lipinski definition) is 4. The van der Waals surface area contributed by atoms with E-state index >= 15 is 0 Å². The Morgan fingerprint density at radius 3 is 3.11 bits per heavy atom. The lowest BCUT2D eigenvalue weighted by Crippen LogP contribution is -2.45. The second-order valence-electron chi connectivity index (χ2n) is 4.34. The first-order chi connectivity index (χ1) is 8.22. The molecule has 0 aromatic carbocycles. The normalized spacial score (nSPS) is 21.2. The van der Waals surface area contributed by atoms with Crippen molar-refractivity contribution in [2.75, 3.05) is 26.2 Å². The number of rotatable bonds is 3. The SMILES string of the molecule is CC(CN)C(=O)N1CCOC(c2ccsc2)C1.Cl. The molecule has 1 aromatic heterocycles. The van der Waals surface area contributed by atoms with Gasteiger partial charge >= 0.3 is 0 Å². The van der Waals surface area contributed by atoms with E-state index in [1.807, 2.05) is 17.2 Å². The number of nitrogens with two attached hydrogens (primary N) is 1. The Hall–Kier alpha value is -0.620. The summed E-state index contributed by atoms with van der Waals surface area (Å²) in [6, 6.07) is 2.05. The maximum Gasteiger partial charge on any atom is 0.226 e. The Morgan fingerprint density at radius 2 is 2.50 bits per heavy atom. The number of carbonyl (C=O) groups excluding carboxylic acids is 1. The molecule has 2 N–H and O–H groups in total. The highest BCUT2D eigenvalue weighted by Gasteiger charge is 2.27. The van der Waals surface area contributed by atoms with E-state index in [-0.39, 0.29) is 30.3 Å². The van der Waals surface area contributed by atoms with Gasteiger partial charge in [0.15, 0.2) is 0 Å². The van der Waals surface area contributed by atoms with Crippen LogP contribution in [0.1, 0.15) is 18.6 Å². The summed E-state index contributed by atoms with van der Waals surface area (Å²) in [4.78, 5) is 13.9. The molecule has 2 unspecified atom stereocenters. The molecule has 1 fully saturated rings. The maximum absolute atomic E-state index is 12.0. The average molecular weight is 291 g/mol. The highest BCUT2D eigenvalue weighted by Crippen LogP contribution is 2.24. The van der Waals surface area contributed by atoms with E-state index < -0.39 is 0 Å². The summed E-state index contributed by atoms with van der Waals surface area (Å²) >= 11 is 1.65. The predicted molar refractivity (Wildman–Crippen MR) is 75.1 cm³/mol. The Labute approximate surface area is 118 Å². The highest BCUT2D eigenvalue weighted by molar-refractivity contribution is 7.07. The zero-order valence-electron chi connectivity index (χ0n) is 10.4. The predicted octanol–water partition coefficient (Wildman–Crippen LogP) is 1.66. The fourth-order valence-corrected chi connectivity index (χ4v) is 2.62. The van der Waals surface area contributed by atoms with Crippen LogP contribution in [0, 0.1) is 5.92 Å². The average Bonchev–Trinajstić information content (AvgIpc) is 2.91. The van der Waals surface area contributed by atoms with E-state index in [0.717, 1.165) is 5.56 Å². The molecule has 102 valence electrons. The van der Waals surface area contributed by atoms with Crippen LogP contribution < -0.4 is 5.73 Å². The van der Waals surface area contributed by atoms with Crippen molar-refractivity contribution in [3.05, 3.63) is 22.4 Å². The number of halogens is 1. The van der Waals surface area contributed by atoms with Crippen LogP contribution in [0.2, 0.25) is 0 Å². The molecule has 1 amide bonds. The number of hydrogen-bond donors (Lipinski definition) is 1. The van der Waals surface area contributed by atoms with Crippen LogP contribution in [-0.4, -0.2) is 37.0 Å². The van der Waals surface area contributed by atoms with E-state index in [2.05, 4.69) is 11.4 Å². The van der Waals surface area contributed by atoms with Crippen LogP contribution in [0.15, 0.2) is 16.8 Å². The lowest BCUT2D eigenvalue weighted by Gasteiger charge is -2.34. The molecule has 1 aliphatic rings. The quantitative estimate of drug-likeness (QED) is 0.921. The molecule has 2 rings (SSSR count). The van der Waals surface area contributed by atoms with Gasteiger partial charge in [0.1, 0.15) is 6.10 Å². The highest BCUT2D eigenvalue weighted by atomic mass is 35.5. The molecule has 2 atom stereocenters. The fraction of sp³-hybridized carbons (Fsp3) is 0.583. The second-order valence-corrected chi connectivity index (χ2v) is 5.12. The van der Waals surface area contributed by atoms with Crippen LogP contribution in [0.4, 0.5) is 0 Å². The van der Waals surface area contributed by atoms with Crippen molar-refractivity contribution in [3.8, 4) is 0 Å². The number of thiophene rings is 1. The van der Waals surface area contributed by atoms with Crippen LogP contribution in [0.25, 0.3) is 0 Å². The molecular weight excluding hydrogens is 272 g/mol. The van der Waals surface area contributed by atoms with Gasteiger partial charge in [0.2, 0.25) is 5.91 Å². The van der Waals surface area contributed by atoms with Gasteiger partial charge in [-0.25, -0.2) is 0 Å². The van der Waals surface area contributed by atoms with E-state index in [9.17, 15) is 4.79 Å². The second kappa shape index (κ2) is 7.09. The summed E-state index contributed by atoms with van der Waals surface area (Å²) in [5.74, 6) is 0.0345. The van der Waals surface area contributed by atoms with Gasteiger partial charge in [-0.15, -0.1) is 12.4 Å². The Balaban J connectivity index is 0.00000162. The third-order valence-corrected chi connectivity index (χ3v) is 3.77. The minimum Gasteiger partial charge on any atom is -0.370 e. The number of morpholine rings is 1. The molecule has 0 spiro atoms. The van der Waals surface area contributed by atoms with E-state index in [1.165, 1.54) is 0 Å². The van der Waals surface area contributed by atoms with Gasteiger partial charge < -0.3 is 15.4 Å². The molecule has 1 aliphatic heterocycles. The Bertz CT molecular complexity index is 372. The number of ether oxygens (including phenoxy) is 1. The van der Waals surface area contributed by atoms with Gasteiger partial charge in [-0.2, -0.15) is 11.3 Å². The van der Waals surface area contributed by atoms with Crippen molar-refractivity contribution in [1.82, 2.24) is 4.90 Å². The van der Waals surface area contributed by atoms with Crippen molar-refractivity contribution >= 4 is 29.7 Å². The maximum atomic E-state index is 12.0. The topological polar surface area (TPSA) is 55.6 Å². The summed E-state index contributed by atoms with van der Waals surface area (Å²) in [5, 5.41) is 4.10. The molecule has 2 heterocycles. The minimum atomic E-state index is -0.101. The molecule has 4 nitrogen and oxygen atoms in total. The third kappa shape index (κ3) is 3.45. The first-order valence-corrected chi connectivity index (χ1v) is 6.79. The van der Waals surface area contributed by atoms with Crippen LogP contribution in [-0.2, 0) is 9.53 Å². The number of amides is 1. The van der Waals surface area contributed by atoms with Crippen molar-refractivity contribution in [3.63, 3.8) is 0 Å². The molecule has 0 aliphatic carbocycles. The summed E-state index contributed by atoms with van der Waals surface area (Å²) in [5.41, 5.74) is 6.69. The first kappa shape index (κ1) is 15.4. The summed E-state index contributed by atoms with van der Waals surface area (Å²) < 4.78 is 5.70.